The Morgan fingerprint density at radius 2 is 1.47 bits per heavy atom. The summed E-state index contributed by atoms with van der Waals surface area (Å²) in [6, 6.07) is 26.1. The summed E-state index contributed by atoms with van der Waals surface area (Å²) in [6.07, 6.45) is 0.615. The fraction of sp³-hybridized carbons (Fsp3) is 0.200. The number of benzene rings is 3. The third-order valence-corrected chi connectivity index (χ3v) is 5.19. The highest BCUT2D eigenvalue weighted by Crippen LogP contribution is 2.18. The van der Waals surface area contributed by atoms with Crippen molar-refractivity contribution in [3.05, 3.63) is 107 Å². The van der Waals surface area contributed by atoms with Crippen molar-refractivity contribution in [1.82, 2.24) is 10.2 Å². The number of nitrogens with zero attached hydrogens (tertiary/aromatic N) is 1. The van der Waals surface area contributed by atoms with Gasteiger partial charge in [-0.2, -0.15) is 0 Å². The molecule has 3 rings (SSSR count). The molecule has 4 nitrogen and oxygen atoms in total. The zero-order valence-electron chi connectivity index (χ0n) is 16.9. The summed E-state index contributed by atoms with van der Waals surface area (Å²) in [5, 5.41) is 3.31. The van der Waals surface area contributed by atoms with Crippen LogP contribution in [-0.4, -0.2) is 29.8 Å². The van der Waals surface area contributed by atoms with Gasteiger partial charge in [0.25, 0.3) is 0 Å². The van der Waals surface area contributed by atoms with Gasteiger partial charge in [0.05, 0.1) is 6.42 Å². The first kappa shape index (κ1) is 21.6. The van der Waals surface area contributed by atoms with Crippen LogP contribution in [0, 0.1) is 0 Å². The number of nitrogens with one attached hydrogen (secondary N) is 1. The van der Waals surface area contributed by atoms with E-state index in [-0.39, 0.29) is 18.2 Å². The number of likely N-dealkylation sites (N-methyl/N-ethyl adjacent to an activating group) is 1. The maximum Gasteiger partial charge on any atom is 0.242 e. The second-order valence-corrected chi connectivity index (χ2v) is 7.57. The molecule has 0 saturated heterocycles. The Morgan fingerprint density at radius 1 is 0.867 bits per heavy atom. The molecule has 0 radical (unpaired) electrons. The van der Waals surface area contributed by atoms with Gasteiger partial charge in [-0.25, -0.2) is 0 Å². The van der Waals surface area contributed by atoms with E-state index in [0.717, 1.165) is 16.7 Å². The highest BCUT2D eigenvalue weighted by Gasteiger charge is 2.29. The smallest absolute Gasteiger partial charge is 0.242 e. The fourth-order valence-electron chi connectivity index (χ4n) is 3.42. The fourth-order valence-corrected chi connectivity index (χ4v) is 3.64. The van der Waals surface area contributed by atoms with Crippen LogP contribution in [0.1, 0.15) is 16.7 Å². The third-order valence-electron chi connectivity index (χ3n) is 4.96. The second-order valence-electron chi connectivity index (χ2n) is 7.13. The van der Waals surface area contributed by atoms with Gasteiger partial charge in [0, 0.05) is 25.0 Å². The summed E-state index contributed by atoms with van der Waals surface area (Å²) in [4.78, 5) is 27.9. The Morgan fingerprint density at radius 3 is 2.07 bits per heavy atom. The molecule has 1 unspecified atom stereocenters. The average Bonchev–Trinajstić information content (AvgIpc) is 2.77. The number of carbonyl (C=O) groups excluding carboxylic acids is 2. The second kappa shape index (κ2) is 10.6. The van der Waals surface area contributed by atoms with Gasteiger partial charge in [-0.1, -0.05) is 84.4 Å². The average molecular weight is 421 g/mol. The monoisotopic (exact) mass is 420 g/mol. The maximum absolute atomic E-state index is 13.4. The van der Waals surface area contributed by atoms with Crippen LogP contribution in [-0.2, 0) is 29.0 Å². The summed E-state index contributed by atoms with van der Waals surface area (Å²) in [5.41, 5.74) is 2.79. The van der Waals surface area contributed by atoms with Crippen molar-refractivity contribution in [2.75, 3.05) is 7.05 Å². The minimum absolute atomic E-state index is 0.120. The molecular formula is C25H25ClN2O2. The normalized spacial score (nSPS) is 11.5. The Kier molecular flexibility index (Phi) is 7.63. The van der Waals surface area contributed by atoms with Gasteiger partial charge < -0.3 is 10.2 Å². The first-order chi connectivity index (χ1) is 14.6. The third kappa shape index (κ3) is 5.94. The van der Waals surface area contributed by atoms with Crippen LogP contribution < -0.4 is 5.32 Å². The number of hydrogen-bond acceptors (Lipinski definition) is 2. The van der Waals surface area contributed by atoms with Crippen molar-refractivity contribution >= 4 is 23.4 Å². The lowest BCUT2D eigenvalue weighted by atomic mass is 10.0. The van der Waals surface area contributed by atoms with Crippen LogP contribution in [0.25, 0.3) is 0 Å². The van der Waals surface area contributed by atoms with Gasteiger partial charge >= 0.3 is 0 Å². The number of hydrogen-bond donors (Lipinski definition) is 1. The van der Waals surface area contributed by atoms with Crippen molar-refractivity contribution in [3.63, 3.8) is 0 Å². The quantitative estimate of drug-likeness (QED) is 0.591. The number of halogens is 1. The van der Waals surface area contributed by atoms with Gasteiger partial charge in [0.1, 0.15) is 6.04 Å². The van der Waals surface area contributed by atoms with Gasteiger partial charge in [-0.15, -0.1) is 0 Å². The summed E-state index contributed by atoms with van der Waals surface area (Å²) in [5.74, 6) is -0.306. The van der Waals surface area contributed by atoms with E-state index in [2.05, 4.69) is 5.32 Å². The largest absolute Gasteiger partial charge is 0.357 e. The van der Waals surface area contributed by atoms with Gasteiger partial charge in [-0.3, -0.25) is 9.59 Å². The van der Waals surface area contributed by atoms with Gasteiger partial charge in [-0.05, 0) is 28.8 Å². The first-order valence-electron chi connectivity index (χ1n) is 9.90. The van der Waals surface area contributed by atoms with E-state index in [1.54, 1.807) is 24.1 Å². The van der Waals surface area contributed by atoms with E-state index in [4.69, 9.17) is 11.6 Å². The highest BCUT2D eigenvalue weighted by atomic mass is 35.5. The maximum atomic E-state index is 13.4. The molecule has 1 atom stereocenters. The molecule has 5 heteroatoms. The minimum Gasteiger partial charge on any atom is -0.357 e. The Balaban J connectivity index is 1.92. The lowest BCUT2D eigenvalue weighted by Gasteiger charge is -2.31. The van der Waals surface area contributed by atoms with E-state index >= 15 is 0 Å². The van der Waals surface area contributed by atoms with Crippen LogP contribution in [0.3, 0.4) is 0 Å². The lowest BCUT2D eigenvalue weighted by Crippen LogP contribution is -2.50. The zero-order valence-corrected chi connectivity index (χ0v) is 17.7. The minimum atomic E-state index is -0.621. The van der Waals surface area contributed by atoms with Crippen molar-refractivity contribution in [2.45, 2.75) is 25.4 Å². The molecule has 0 aliphatic heterocycles. The summed E-state index contributed by atoms with van der Waals surface area (Å²) in [6.45, 7) is 0.352. The molecule has 0 spiro atoms. The molecule has 0 saturated carbocycles. The van der Waals surface area contributed by atoms with Crippen molar-refractivity contribution in [3.8, 4) is 0 Å². The van der Waals surface area contributed by atoms with E-state index in [0.29, 0.717) is 18.0 Å². The molecule has 0 heterocycles. The van der Waals surface area contributed by atoms with Crippen LogP contribution in [0.4, 0.5) is 0 Å². The van der Waals surface area contributed by atoms with E-state index < -0.39 is 6.04 Å². The molecule has 0 fully saturated rings. The van der Waals surface area contributed by atoms with Crippen LogP contribution in [0.5, 0.6) is 0 Å². The summed E-state index contributed by atoms with van der Waals surface area (Å²) < 4.78 is 0. The molecule has 3 aromatic carbocycles. The molecule has 0 bridgehead atoms. The predicted octanol–water partition coefficient (Wildman–Crippen LogP) is 4.27. The Bertz CT molecular complexity index is 977. The molecule has 2 amide bonds. The van der Waals surface area contributed by atoms with Crippen LogP contribution in [0.2, 0.25) is 5.02 Å². The SMILES string of the molecule is CNC(=O)C(Cc1ccccc1)N(Cc1ccccc1)C(=O)Cc1cccc(Cl)c1. The van der Waals surface area contributed by atoms with Crippen LogP contribution >= 0.6 is 11.6 Å². The predicted molar refractivity (Wildman–Crippen MR) is 120 cm³/mol. The molecule has 30 heavy (non-hydrogen) atoms. The topological polar surface area (TPSA) is 49.4 Å². The molecule has 0 aromatic heterocycles. The number of amides is 2. The van der Waals surface area contributed by atoms with Gasteiger partial charge in [0.15, 0.2) is 0 Å². The standard InChI is InChI=1S/C25H25ClN2O2/c1-27-25(30)23(16-19-9-4-2-5-10-19)28(18-20-11-6-3-7-12-20)24(29)17-21-13-8-14-22(26)15-21/h2-15,23H,16-18H2,1H3,(H,27,30). The number of rotatable bonds is 8. The van der Waals surface area contributed by atoms with E-state index in [1.807, 2.05) is 72.8 Å². The molecule has 3 aromatic rings. The lowest BCUT2D eigenvalue weighted by molar-refractivity contribution is -0.140. The highest BCUT2D eigenvalue weighted by molar-refractivity contribution is 6.30. The Hall–Kier alpha value is -3.11. The van der Waals surface area contributed by atoms with E-state index in [9.17, 15) is 9.59 Å². The van der Waals surface area contributed by atoms with Crippen molar-refractivity contribution in [1.29, 1.82) is 0 Å². The summed E-state index contributed by atoms with van der Waals surface area (Å²) in [7, 11) is 1.60. The Labute approximate surface area is 182 Å². The van der Waals surface area contributed by atoms with Crippen LogP contribution in [0.15, 0.2) is 84.9 Å². The molecule has 0 aliphatic rings. The van der Waals surface area contributed by atoms with Gasteiger partial charge in [0.2, 0.25) is 11.8 Å². The molecular weight excluding hydrogens is 396 g/mol. The van der Waals surface area contributed by atoms with Crippen molar-refractivity contribution in [2.24, 2.45) is 0 Å². The zero-order chi connectivity index (χ0) is 21.3. The molecule has 1 N–H and O–H groups in total. The molecule has 0 aliphatic carbocycles. The molecule has 154 valence electrons. The summed E-state index contributed by atoms with van der Waals surface area (Å²) >= 11 is 6.09. The van der Waals surface area contributed by atoms with Crippen molar-refractivity contribution < 1.29 is 9.59 Å². The number of carbonyl (C=O) groups is 2. The first-order valence-corrected chi connectivity index (χ1v) is 10.3. The van der Waals surface area contributed by atoms with E-state index in [1.165, 1.54) is 0 Å².